The van der Waals surface area contributed by atoms with E-state index in [9.17, 15) is 24.9 Å². The molecular formula is C17H20N2O7. The summed E-state index contributed by atoms with van der Waals surface area (Å²) in [6, 6.07) is 10.4. The van der Waals surface area contributed by atoms with Crippen LogP contribution < -0.4 is 11.2 Å². The standard InChI is InChI=1S/C17H20N2O7/c20-10-17(19-7-6-13(21)18-16(19)24)15(23)14(22)12(26-17)9-25-8-11-4-2-1-3-5-11/h1-7,12,14-15,20,22-23H,8-10H2,(H,18,21,24)/t12-,14-,15-,17-/m1/s1. The Hall–Kier alpha value is -2.30. The summed E-state index contributed by atoms with van der Waals surface area (Å²) in [4.78, 5) is 25.3. The molecule has 0 spiro atoms. The van der Waals surface area contributed by atoms with E-state index in [4.69, 9.17) is 9.47 Å². The van der Waals surface area contributed by atoms with Crippen molar-refractivity contribution in [1.29, 1.82) is 0 Å². The highest BCUT2D eigenvalue weighted by Crippen LogP contribution is 2.34. The third-order valence-electron chi connectivity index (χ3n) is 4.37. The lowest BCUT2D eigenvalue weighted by Crippen LogP contribution is -2.53. The Balaban J connectivity index is 1.76. The number of rotatable bonds is 6. The van der Waals surface area contributed by atoms with E-state index in [2.05, 4.69) is 0 Å². The molecule has 0 amide bonds. The van der Waals surface area contributed by atoms with Crippen LogP contribution in [0.25, 0.3) is 0 Å². The zero-order valence-corrected chi connectivity index (χ0v) is 13.8. The van der Waals surface area contributed by atoms with Crippen molar-refractivity contribution in [3.63, 3.8) is 0 Å². The normalized spacial score (nSPS) is 28.3. The van der Waals surface area contributed by atoms with E-state index in [0.29, 0.717) is 0 Å². The highest BCUT2D eigenvalue weighted by Gasteiger charge is 2.55. The molecule has 0 unspecified atom stereocenters. The Morgan fingerprint density at radius 2 is 1.92 bits per heavy atom. The van der Waals surface area contributed by atoms with Gasteiger partial charge >= 0.3 is 5.69 Å². The van der Waals surface area contributed by atoms with Crippen LogP contribution in [-0.4, -0.2) is 56.4 Å². The molecule has 1 fully saturated rings. The Kier molecular flexibility index (Phi) is 5.35. The van der Waals surface area contributed by atoms with E-state index in [0.717, 1.165) is 22.4 Å². The van der Waals surface area contributed by atoms with Crippen molar-refractivity contribution in [3.05, 3.63) is 69.0 Å². The van der Waals surface area contributed by atoms with Crippen LogP contribution in [0.3, 0.4) is 0 Å². The van der Waals surface area contributed by atoms with E-state index in [-0.39, 0.29) is 13.2 Å². The number of nitrogens with zero attached hydrogens (tertiary/aromatic N) is 1. The second kappa shape index (κ2) is 7.52. The van der Waals surface area contributed by atoms with Gasteiger partial charge in [-0.15, -0.1) is 0 Å². The zero-order valence-electron chi connectivity index (χ0n) is 13.8. The summed E-state index contributed by atoms with van der Waals surface area (Å²) in [6.45, 7) is -0.576. The van der Waals surface area contributed by atoms with E-state index in [1.165, 1.54) is 0 Å². The quantitative estimate of drug-likeness (QED) is 0.491. The van der Waals surface area contributed by atoms with Gasteiger partial charge in [0.25, 0.3) is 5.56 Å². The molecule has 1 saturated heterocycles. The Labute approximate surface area is 148 Å². The smallest absolute Gasteiger partial charge is 0.330 e. The highest BCUT2D eigenvalue weighted by molar-refractivity contribution is 5.13. The van der Waals surface area contributed by atoms with Gasteiger partial charge in [-0.3, -0.25) is 14.3 Å². The first-order valence-electron chi connectivity index (χ1n) is 8.07. The molecule has 9 nitrogen and oxygen atoms in total. The van der Waals surface area contributed by atoms with Gasteiger partial charge < -0.3 is 24.8 Å². The number of ether oxygens (including phenoxy) is 2. The van der Waals surface area contributed by atoms with Crippen molar-refractivity contribution in [1.82, 2.24) is 9.55 Å². The molecule has 1 aromatic heterocycles. The van der Waals surface area contributed by atoms with Gasteiger partial charge in [0.2, 0.25) is 5.72 Å². The highest BCUT2D eigenvalue weighted by atomic mass is 16.6. The first kappa shape index (κ1) is 18.5. The largest absolute Gasteiger partial charge is 0.391 e. The van der Waals surface area contributed by atoms with Gasteiger partial charge in [0.05, 0.1) is 19.8 Å². The van der Waals surface area contributed by atoms with Crippen molar-refractivity contribution in [2.75, 3.05) is 13.2 Å². The van der Waals surface area contributed by atoms with Crippen LogP contribution >= 0.6 is 0 Å². The first-order valence-corrected chi connectivity index (χ1v) is 8.07. The van der Waals surface area contributed by atoms with Crippen molar-refractivity contribution >= 4 is 0 Å². The predicted octanol–water partition coefficient (Wildman–Crippen LogP) is -1.48. The molecule has 0 bridgehead atoms. The number of H-pyrrole nitrogens is 1. The molecule has 26 heavy (non-hydrogen) atoms. The molecule has 1 aliphatic rings. The molecule has 3 rings (SSSR count). The number of aliphatic hydroxyl groups excluding tert-OH is 3. The molecule has 2 heterocycles. The Morgan fingerprint density at radius 1 is 1.19 bits per heavy atom. The monoisotopic (exact) mass is 364 g/mol. The topological polar surface area (TPSA) is 134 Å². The molecule has 9 heteroatoms. The van der Waals surface area contributed by atoms with Gasteiger partial charge in [0.1, 0.15) is 18.3 Å². The second-order valence-electron chi connectivity index (χ2n) is 6.08. The van der Waals surface area contributed by atoms with Crippen LogP contribution in [0.5, 0.6) is 0 Å². The fourth-order valence-electron chi connectivity index (χ4n) is 2.99. The van der Waals surface area contributed by atoms with Crippen molar-refractivity contribution < 1.29 is 24.8 Å². The average Bonchev–Trinajstić information content (AvgIpc) is 2.88. The van der Waals surface area contributed by atoms with Crippen molar-refractivity contribution in [2.45, 2.75) is 30.6 Å². The average molecular weight is 364 g/mol. The van der Waals surface area contributed by atoms with Crippen LogP contribution in [0, 0.1) is 0 Å². The maximum atomic E-state index is 12.0. The summed E-state index contributed by atoms with van der Waals surface area (Å²) >= 11 is 0. The fraction of sp³-hybridized carbons (Fsp3) is 0.412. The lowest BCUT2D eigenvalue weighted by Gasteiger charge is -2.31. The number of benzene rings is 1. The molecule has 1 aromatic carbocycles. The van der Waals surface area contributed by atoms with Gasteiger partial charge in [-0.25, -0.2) is 4.79 Å². The van der Waals surface area contributed by atoms with Crippen molar-refractivity contribution in [2.24, 2.45) is 0 Å². The van der Waals surface area contributed by atoms with Crippen LogP contribution in [0.1, 0.15) is 5.56 Å². The predicted molar refractivity (Wildman–Crippen MR) is 89.4 cm³/mol. The molecule has 0 aliphatic carbocycles. The Bertz CT molecular complexity index is 850. The Morgan fingerprint density at radius 3 is 2.58 bits per heavy atom. The summed E-state index contributed by atoms with van der Waals surface area (Å²) in [5.74, 6) is 0. The lowest BCUT2D eigenvalue weighted by atomic mass is 10.0. The van der Waals surface area contributed by atoms with Gasteiger partial charge in [-0.1, -0.05) is 30.3 Å². The summed E-state index contributed by atoms with van der Waals surface area (Å²) in [6.07, 6.45) is -2.86. The number of hydrogen-bond acceptors (Lipinski definition) is 7. The molecule has 140 valence electrons. The summed E-state index contributed by atoms with van der Waals surface area (Å²) in [5, 5.41) is 30.5. The molecule has 4 atom stereocenters. The van der Waals surface area contributed by atoms with Crippen molar-refractivity contribution in [3.8, 4) is 0 Å². The van der Waals surface area contributed by atoms with Gasteiger partial charge in [0, 0.05) is 12.3 Å². The van der Waals surface area contributed by atoms with Gasteiger partial charge in [-0.05, 0) is 5.56 Å². The maximum absolute atomic E-state index is 12.0. The minimum Gasteiger partial charge on any atom is -0.391 e. The number of hydrogen-bond donors (Lipinski definition) is 4. The van der Waals surface area contributed by atoms with E-state index in [1.807, 2.05) is 35.3 Å². The number of aliphatic hydroxyl groups is 3. The SMILES string of the molecule is O=c1ccn([C@]2(CO)O[C@H](COCc3ccccc3)[C@@H](O)[C@H]2O)c(=O)[nH]1. The van der Waals surface area contributed by atoms with E-state index >= 15 is 0 Å². The first-order chi connectivity index (χ1) is 12.5. The second-order valence-corrected chi connectivity index (χ2v) is 6.08. The van der Waals surface area contributed by atoms with Crippen LogP contribution in [0.15, 0.2) is 52.2 Å². The minimum atomic E-state index is -1.92. The zero-order chi connectivity index (χ0) is 18.7. The number of aromatic amines is 1. The molecule has 2 aromatic rings. The summed E-state index contributed by atoms with van der Waals surface area (Å²) in [5.41, 5.74) is -2.49. The summed E-state index contributed by atoms with van der Waals surface area (Å²) in [7, 11) is 0. The molecular weight excluding hydrogens is 344 g/mol. The minimum absolute atomic E-state index is 0.0625. The number of aromatic nitrogens is 2. The van der Waals surface area contributed by atoms with Gasteiger partial charge in [0.15, 0.2) is 0 Å². The molecule has 4 N–H and O–H groups in total. The van der Waals surface area contributed by atoms with Crippen LogP contribution in [0.4, 0.5) is 0 Å². The third-order valence-corrected chi connectivity index (χ3v) is 4.37. The maximum Gasteiger partial charge on any atom is 0.330 e. The van der Waals surface area contributed by atoms with Gasteiger partial charge in [-0.2, -0.15) is 0 Å². The van der Waals surface area contributed by atoms with E-state index in [1.54, 1.807) is 0 Å². The van der Waals surface area contributed by atoms with Crippen LogP contribution in [-0.2, 0) is 21.8 Å². The molecule has 0 saturated carbocycles. The number of nitrogens with one attached hydrogen (secondary N) is 1. The molecule has 0 radical (unpaired) electrons. The summed E-state index contributed by atoms with van der Waals surface area (Å²) < 4.78 is 12.0. The third kappa shape index (κ3) is 3.35. The van der Waals surface area contributed by atoms with E-state index < -0.39 is 41.9 Å². The lowest BCUT2D eigenvalue weighted by molar-refractivity contribution is -0.177. The molecule has 1 aliphatic heterocycles. The fourth-order valence-corrected chi connectivity index (χ4v) is 2.99. The van der Waals surface area contributed by atoms with Crippen LogP contribution in [0.2, 0.25) is 0 Å².